The van der Waals surface area contributed by atoms with Crippen LogP contribution in [0.1, 0.15) is 23.2 Å². The highest BCUT2D eigenvalue weighted by atomic mass is 35.5. The Labute approximate surface area is 208 Å². The second-order valence-corrected chi connectivity index (χ2v) is 9.00. The van der Waals surface area contributed by atoms with Gasteiger partial charge in [0.1, 0.15) is 5.75 Å². The fourth-order valence-electron chi connectivity index (χ4n) is 4.36. The number of halogens is 1. The van der Waals surface area contributed by atoms with E-state index >= 15 is 0 Å². The number of nitrogen functional groups attached to an aromatic ring is 1. The van der Waals surface area contributed by atoms with E-state index in [1.807, 2.05) is 30.5 Å². The second-order valence-electron chi connectivity index (χ2n) is 8.60. The van der Waals surface area contributed by atoms with Gasteiger partial charge >= 0.3 is 0 Å². The summed E-state index contributed by atoms with van der Waals surface area (Å²) in [5, 5.41) is 7.34. The third kappa shape index (κ3) is 5.87. The van der Waals surface area contributed by atoms with Gasteiger partial charge in [-0.15, -0.1) is 0 Å². The SMILES string of the molecule is COc1cc(N)c(Cl)cc1C(=O)NC1CCN(CCC(=O)Nc2ccc3[nH]ccc3c2)CC1OC. The number of nitrogens with one attached hydrogen (secondary N) is 3. The number of benzene rings is 2. The van der Waals surface area contributed by atoms with E-state index in [1.165, 1.54) is 19.2 Å². The zero-order chi connectivity index (χ0) is 24.9. The molecule has 2 aromatic carbocycles. The maximum absolute atomic E-state index is 12.9. The molecule has 9 nitrogen and oxygen atoms in total. The number of ether oxygens (including phenoxy) is 2. The molecule has 1 saturated heterocycles. The monoisotopic (exact) mass is 499 g/mol. The molecule has 1 fully saturated rings. The number of aromatic nitrogens is 1. The Hall–Kier alpha value is -3.27. The molecule has 0 spiro atoms. The number of amides is 2. The highest BCUT2D eigenvalue weighted by molar-refractivity contribution is 6.33. The molecule has 2 unspecified atom stereocenters. The third-order valence-corrected chi connectivity index (χ3v) is 6.65. The number of hydrogen-bond donors (Lipinski definition) is 4. The number of aromatic amines is 1. The molecule has 2 heterocycles. The summed E-state index contributed by atoms with van der Waals surface area (Å²) in [4.78, 5) is 30.7. The molecule has 0 radical (unpaired) electrons. The fourth-order valence-corrected chi connectivity index (χ4v) is 4.53. The summed E-state index contributed by atoms with van der Waals surface area (Å²) in [6.07, 6.45) is 2.69. The van der Waals surface area contributed by atoms with Gasteiger partial charge in [-0.1, -0.05) is 11.6 Å². The number of piperidine rings is 1. The van der Waals surface area contributed by atoms with E-state index in [-0.39, 0.29) is 24.0 Å². The molecule has 2 atom stereocenters. The van der Waals surface area contributed by atoms with Crippen molar-refractivity contribution in [3.8, 4) is 5.75 Å². The van der Waals surface area contributed by atoms with E-state index in [0.717, 1.165) is 23.1 Å². The third-order valence-electron chi connectivity index (χ3n) is 6.32. The van der Waals surface area contributed by atoms with Gasteiger partial charge in [0, 0.05) is 62.0 Å². The van der Waals surface area contributed by atoms with Crippen molar-refractivity contribution in [1.29, 1.82) is 0 Å². The normalized spacial score (nSPS) is 18.4. The number of hydrogen-bond acceptors (Lipinski definition) is 6. The van der Waals surface area contributed by atoms with Gasteiger partial charge in [0.25, 0.3) is 5.91 Å². The lowest BCUT2D eigenvalue weighted by atomic mass is 10.0. The maximum Gasteiger partial charge on any atom is 0.255 e. The van der Waals surface area contributed by atoms with Crippen LogP contribution in [0.2, 0.25) is 5.02 Å². The Kier molecular flexibility index (Phi) is 7.80. The van der Waals surface area contributed by atoms with Crippen LogP contribution in [0, 0.1) is 0 Å². The van der Waals surface area contributed by atoms with E-state index in [1.54, 1.807) is 7.11 Å². The number of rotatable bonds is 8. The first-order chi connectivity index (χ1) is 16.9. The Morgan fingerprint density at radius 1 is 1.23 bits per heavy atom. The van der Waals surface area contributed by atoms with Gasteiger partial charge in [0.05, 0.1) is 35.5 Å². The van der Waals surface area contributed by atoms with Crippen LogP contribution in [-0.4, -0.2) is 67.7 Å². The lowest BCUT2D eigenvalue weighted by molar-refractivity contribution is -0.116. The lowest BCUT2D eigenvalue weighted by Gasteiger charge is -2.38. The molecule has 1 aliphatic heterocycles. The molecule has 2 amide bonds. The van der Waals surface area contributed by atoms with Crippen LogP contribution < -0.4 is 21.1 Å². The highest BCUT2D eigenvalue weighted by Gasteiger charge is 2.31. The van der Waals surface area contributed by atoms with Gasteiger partial charge in [0.15, 0.2) is 0 Å². The molecule has 186 valence electrons. The molecular formula is C25H30ClN5O4. The molecule has 5 N–H and O–H groups in total. The molecule has 35 heavy (non-hydrogen) atoms. The molecule has 0 bridgehead atoms. The summed E-state index contributed by atoms with van der Waals surface area (Å²) in [6, 6.07) is 10.6. The average molecular weight is 500 g/mol. The highest BCUT2D eigenvalue weighted by Crippen LogP contribution is 2.29. The Bertz CT molecular complexity index is 1210. The number of nitrogens with zero attached hydrogens (tertiary/aromatic N) is 1. The number of fused-ring (bicyclic) bond motifs is 1. The maximum atomic E-state index is 12.9. The number of methoxy groups -OCH3 is 2. The first-order valence-electron chi connectivity index (χ1n) is 11.4. The van der Waals surface area contributed by atoms with Gasteiger partial charge < -0.3 is 35.7 Å². The number of likely N-dealkylation sites (tertiary alicyclic amines) is 1. The lowest BCUT2D eigenvalue weighted by Crippen LogP contribution is -2.55. The predicted octanol–water partition coefficient (Wildman–Crippen LogP) is 3.26. The summed E-state index contributed by atoms with van der Waals surface area (Å²) in [7, 11) is 3.10. The molecular weight excluding hydrogens is 470 g/mol. The van der Waals surface area contributed by atoms with Crippen LogP contribution >= 0.6 is 11.6 Å². The molecule has 1 aliphatic rings. The van der Waals surface area contributed by atoms with E-state index in [0.29, 0.717) is 48.0 Å². The van der Waals surface area contributed by atoms with Gasteiger partial charge in [-0.25, -0.2) is 0 Å². The van der Waals surface area contributed by atoms with E-state index in [2.05, 4.69) is 20.5 Å². The van der Waals surface area contributed by atoms with Crippen LogP contribution in [0.4, 0.5) is 11.4 Å². The van der Waals surface area contributed by atoms with Gasteiger partial charge in [0.2, 0.25) is 5.91 Å². The molecule has 0 aliphatic carbocycles. The summed E-state index contributed by atoms with van der Waals surface area (Å²) in [5.41, 5.74) is 8.29. The van der Waals surface area contributed by atoms with Crippen LogP contribution in [0.15, 0.2) is 42.6 Å². The number of nitrogens with two attached hydrogens (primary N) is 1. The fraction of sp³-hybridized carbons (Fsp3) is 0.360. The van der Waals surface area contributed by atoms with Crippen LogP contribution in [0.3, 0.4) is 0 Å². The Morgan fingerprint density at radius 2 is 2.06 bits per heavy atom. The quantitative estimate of drug-likeness (QED) is 0.353. The first kappa shape index (κ1) is 24.8. The molecule has 1 aromatic heterocycles. The minimum Gasteiger partial charge on any atom is -0.496 e. The predicted molar refractivity (Wildman–Crippen MR) is 137 cm³/mol. The number of anilines is 2. The van der Waals surface area contributed by atoms with Crippen molar-refractivity contribution in [2.75, 3.05) is 44.9 Å². The Balaban J connectivity index is 1.29. The van der Waals surface area contributed by atoms with E-state index < -0.39 is 0 Å². The average Bonchev–Trinajstić information content (AvgIpc) is 3.32. The largest absolute Gasteiger partial charge is 0.496 e. The van der Waals surface area contributed by atoms with Crippen LogP contribution in [-0.2, 0) is 9.53 Å². The molecule has 0 saturated carbocycles. The zero-order valence-electron chi connectivity index (χ0n) is 19.8. The standard InChI is InChI=1S/C25H30ClN5O4/c1-34-22-13-19(27)18(26)12-17(22)25(33)30-21-6-9-31(14-23(21)35-2)10-7-24(32)29-16-3-4-20-15(11-16)5-8-28-20/h3-5,8,11-13,21,23,28H,6-7,9-10,14,27H2,1-2H3,(H,29,32)(H,30,33). The summed E-state index contributed by atoms with van der Waals surface area (Å²) < 4.78 is 11.0. The van der Waals surface area contributed by atoms with Gasteiger partial charge in [-0.3, -0.25) is 9.59 Å². The van der Waals surface area contributed by atoms with Crippen molar-refractivity contribution in [3.05, 3.63) is 53.2 Å². The number of H-pyrrole nitrogens is 1. The topological polar surface area (TPSA) is 122 Å². The van der Waals surface area contributed by atoms with Gasteiger partial charge in [-0.05, 0) is 36.8 Å². The molecule has 10 heteroatoms. The summed E-state index contributed by atoms with van der Waals surface area (Å²) >= 11 is 6.11. The minimum absolute atomic E-state index is 0.0448. The van der Waals surface area contributed by atoms with Crippen LogP contribution in [0.5, 0.6) is 5.75 Å². The number of carbonyl (C=O) groups is 2. The smallest absolute Gasteiger partial charge is 0.255 e. The van der Waals surface area contributed by atoms with Crippen molar-refractivity contribution in [3.63, 3.8) is 0 Å². The van der Waals surface area contributed by atoms with Gasteiger partial charge in [-0.2, -0.15) is 0 Å². The first-order valence-corrected chi connectivity index (χ1v) is 11.8. The Morgan fingerprint density at radius 3 is 2.83 bits per heavy atom. The van der Waals surface area contributed by atoms with Crippen molar-refractivity contribution >= 4 is 45.7 Å². The minimum atomic E-state index is -0.303. The van der Waals surface area contributed by atoms with E-state index in [4.69, 9.17) is 26.8 Å². The molecule has 4 rings (SSSR count). The molecule has 3 aromatic rings. The van der Waals surface area contributed by atoms with Crippen molar-refractivity contribution in [2.24, 2.45) is 0 Å². The van der Waals surface area contributed by atoms with Crippen LogP contribution in [0.25, 0.3) is 10.9 Å². The summed E-state index contributed by atoms with van der Waals surface area (Å²) in [5.74, 6) is 0.0112. The second kappa shape index (κ2) is 11.0. The van der Waals surface area contributed by atoms with E-state index in [9.17, 15) is 9.59 Å². The number of carbonyl (C=O) groups excluding carboxylic acids is 2. The van der Waals surface area contributed by atoms with Crippen molar-refractivity contribution in [1.82, 2.24) is 15.2 Å². The van der Waals surface area contributed by atoms with Crippen molar-refractivity contribution < 1.29 is 19.1 Å². The zero-order valence-corrected chi connectivity index (χ0v) is 20.5. The van der Waals surface area contributed by atoms with Crippen molar-refractivity contribution in [2.45, 2.75) is 25.0 Å². The summed E-state index contributed by atoms with van der Waals surface area (Å²) in [6.45, 7) is 1.93.